The highest BCUT2D eigenvalue weighted by atomic mass is 16.5. The van der Waals surface area contributed by atoms with Crippen LogP contribution >= 0.6 is 0 Å². The number of nitrogens with one attached hydrogen (secondary N) is 1. The summed E-state index contributed by atoms with van der Waals surface area (Å²) in [4.78, 5) is 0. The fourth-order valence-corrected chi connectivity index (χ4v) is 1.88. The van der Waals surface area contributed by atoms with Gasteiger partial charge in [-0.2, -0.15) is 0 Å². The number of ether oxygens (including phenoxy) is 1. The van der Waals surface area contributed by atoms with Gasteiger partial charge in [0.15, 0.2) is 0 Å². The maximum atomic E-state index is 8.54. The lowest BCUT2D eigenvalue weighted by molar-refractivity contribution is 0.125. The van der Waals surface area contributed by atoms with E-state index >= 15 is 0 Å². The number of hydrogen-bond acceptors (Lipinski definition) is 3. The maximum absolute atomic E-state index is 8.54. The van der Waals surface area contributed by atoms with Crippen LogP contribution < -0.4 is 5.32 Å². The summed E-state index contributed by atoms with van der Waals surface area (Å²) in [6.07, 6.45) is 7.27. The molecule has 3 heteroatoms. The Balaban J connectivity index is 1.75. The van der Waals surface area contributed by atoms with Crippen LogP contribution in [0.4, 0.5) is 0 Å². The van der Waals surface area contributed by atoms with Crippen molar-refractivity contribution >= 4 is 0 Å². The zero-order valence-electron chi connectivity index (χ0n) is 9.00. The molecule has 0 aromatic heterocycles. The molecule has 1 rings (SSSR count). The van der Waals surface area contributed by atoms with Crippen LogP contribution in [0.5, 0.6) is 0 Å². The van der Waals surface area contributed by atoms with Crippen LogP contribution in [0.1, 0.15) is 38.5 Å². The molecule has 84 valence electrons. The highest BCUT2D eigenvalue weighted by Crippen LogP contribution is 2.17. The van der Waals surface area contributed by atoms with Crippen molar-refractivity contribution in [1.82, 2.24) is 5.32 Å². The van der Waals surface area contributed by atoms with Crippen LogP contribution in [-0.2, 0) is 4.74 Å². The standard InChI is InChI=1S/C11H23NO2/c13-8-3-4-9-14-10-7-12-11-5-1-2-6-11/h11-13H,1-10H2. The Kier molecular flexibility index (Phi) is 7.01. The van der Waals surface area contributed by atoms with Gasteiger partial charge in [-0.25, -0.2) is 0 Å². The molecule has 3 nitrogen and oxygen atoms in total. The summed E-state index contributed by atoms with van der Waals surface area (Å²) in [6.45, 7) is 2.85. The van der Waals surface area contributed by atoms with Gasteiger partial charge in [-0.15, -0.1) is 0 Å². The van der Waals surface area contributed by atoms with Gasteiger partial charge < -0.3 is 15.2 Å². The summed E-state index contributed by atoms with van der Waals surface area (Å²) >= 11 is 0. The van der Waals surface area contributed by atoms with Crippen molar-refractivity contribution in [3.63, 3.8) is 0 Å². The van der Waals surface area contributed by atoms with Gasteiger partial charge in [-0.1, -0.05) is 12.8 Å². The third-order valence-electron chi connectivity index (χ3n) is 2.73. The molecule has 0 aromatic rings. The van der Waals surface area contributed by atoms with Crippen molar-refractivity contribution < 1.29 is 9.84 Å². The number of aliphatic hydroxyl groups excluding tert-OH is 1. The summed E-state index contributed by atoms with van der Waals surface area (Å²) in [7, 11) is 0. The SMILES string of the molecule is OCCCCOCCNC1CCCC1. The summed E-state index contributed by atoms with van der Waals surface area (Å²) < 4.78 is 5.42. The predicted octanol–water partition coefficient (Wildman–Crippen LogP) is 1.31. The molecule has 0 unspecified atom stereocenters. The monoisotopic (exact) mass is 201 g/mol. The molecular formula is C11H23NO2. The Labute approximate surface area is 86.8 Å². The highest BCUT2D eigenvalue weighted by Gasteiger charge is 2.12. The van der Waals surface area contributed by atoms with Crippen molar-refractivity contribution in [2.75, 3.05) is 26.4 Å². The second kappa shape index (κ2) is 8.21. The van der Waals surface area contributed by atoms with Crippen LogP contribution in [0, 0.1) is 0 Å². The van der Waals surface area contributed by atoms with Gasteiger partial charge in [-0.3, -0.25) is 0 Å². The normalized spacial score (nSPS) is 17.8. The van der Waals surface area contributed by atoms with E-state index in [0.29, 0.717) is 0 Å². The smallest absolute Gasteiger partial charge is 0.0591 e. The molecule has 0 spiro atoms. The minimum absolute atomic E-state index is 0.281. The topological polar surface area (TPSA) is 41.5 Å². The van der Waals surface area contributed by atoms with Crippen molar-refractivity contribution in [2.45, 2.75) is 44.6 Å². The van der Waals surface area contributed by atoms with E-state index in [1.807, 2.05) is 0 Å². The molecule has 2 N–H and O–H groups in total. The van der Waals surface area contributed by atoms with E-state index in [1.54, 1.807) is 0 Å². The van der Waals surface area contributed by atoms with E-state index in [-0.39, 0.29) is 6.61 Å². The van der Waals surface area contributed by atoms with Crippen LogP contribution in [-0.4, -0.2) is 37.5 Å². The Bertz CT molecular complexity index is 124. The van der Waals surface area contributed by atoms with E-state index in [4.69, 9.17) is 9.84 Å². The third-order valence-corrected chi connectivity index (χ3v) is 2.73. The Morgan fingerprint density at radius 2 is 1.93 bits per heavy atom. The summed E-state index contributed by atoms with van der Waals surface area (Å²) in [5.74, 6) is 0. The van der Waals surface area contributed by atoms with Crippen LogP contribution in [0.2, 0.25) is 0 Å². The molecule has 0 saturated heterocycles. The number of hydrogen-bond donors (Lipinski definition) is 2. The Hall–Kier alpha value is -0.120. The van der Waals surface area contributed by atoms with Crippen molar-refractivity contribution in [3.8, 4) is 0 Å². The largest absolute Gasteiger partial charge is 0.396 e. The molecule has 0 atom stereocenters. The zero-order valence-corrected chi connectivity index (χ0v) is 9.00. The van der Waals surface area contributed by atoms with E-state index in [1.165, 1.54) is 25.7 Å². The van der Waals surface area contributed by atoms with Gasteiger partial charge in [0.2, 0.25) is 0 Å². The first kappa shape index (κ1) is 12.0. The van der Waals surface area contributed by atoms with Gasteiger partial charge in [-0.05, 0) is 25.7 Å². The van der Waals surface area contributed by atoms with E-state index in [9.17, 15) is 0 Å². The average molecular weight is 201 g/mol. The first-order valence-corrected chi connectivity index (χ1v) is 5.85. The molecule has 0 amide bonds. The fraction of sp³-hybridized carbons (Fsp3) is 1.00. The lowest BCUT2D eigenvalue weighted by Gasteiger charge is -2.11. The molecule has 0 aromatic carbocycles. The molecule has 14 heavy (non-hydrogen) atoms. The molecule has 1 fully saturated rings. The molecule has 1 saturated carbocycles. The minimum Gasteiger partial charge on any atom is -0.396 e. The zero-order chi connectivity index (χ0) is 10.1. The molecular weight excluding hydrogens is 178 g/mol. The number of rotatable bonds is 8. The van der Waals surface area contributed by atoms with Gasteiger partial charge in [0, 0.05) is 25.8 Å². The van der Waals surface area contributed by atoms with E-state index in [0.717, 1.165) is 38.6 Å². The quantitative estimate of drug-likeness (QED) is 0.582. The second-order valence-electron chi connectivity index (χ2n) is 3.98. The van der Waals surface area contributed by atoms with Crippen LogP contribution in [0.3, 0.4) is 0 Å². The Morgan fingerprint density at radius 3 is 2.64 bits per heavy atom. The van der Waals surface area contributed by atoms with Crippen LogP contribution in [0.25, 0.3) is 0 Å². The van der Waals surface area contributed by atoms with Crippen LogP contribution in [0.15, 0.2) is 0 Å². The number of aliphatic hydroxyl groups is 1. The molecule has 0 heterocycles. The van der Waals surface area contributed by atoms with Gasteiger partial charge in [0.05, 0.1) is 6.61 Å². The molecule has 1 aliphatic rings. The molecule has 1 aliphatic carbocycles. The van der Waals surface area contributed by atoms with E-state index in [2.05, 4.69) is 5.32 Å². The molecule has 0 aliphatic heterocycles. The summed E-state index contributed by atoms with van der Waals surface area (Å²) in [5.41, 5.74) is 0. The summed E-state index contributed by atoms with van der Waals surface area (Å²) in [6, 6.07) is 0.746. The minimum atomic E-state index is 0.281. The van der Waals surface area contributed by atoms with Crippen molar-refractivity contribution in [2.24, 2.45) is 0 Å². The highest BCUT2D eigenvalue weighted by molar-refractivity contribution is 4.72. The summed E-state index contributed by atoms with van der Waals surface area (Å²) in [5, 5.41) is 12.0. The molecule has 0 bridgehead atoms. The fourth-order valence-electron chi connectivity index (χ4n) is 1.88. The predicted molar refractivity (Wildman–Crippen MR) is 57.4 cm³/mol. The van der Waals surface area contributed by atoms with Crippen molar-refractivity contribution in [1.29, 1.82) is 0 Å². The first-order chi connectivity index (χ1) is 6.93. The first-order valence-electron chi connectivity index (χ1n) is 5.85. The van der Waals surface area contributed by atoms with E-state index < -0.39 is 0 Å². The van der Waals surface area contributed by atoms with Gasteiger partial charge in [0.1, 0.15) is 0 Å². The number of unbranched alkanes of at least 4 members (excludes halogenated alkanes) is 1. The van der Waals surface area contributed by atoms with Gasteiger partial charge >= 0.3 is 0 Å². The average Bonchev–Trinajstić information content (AvgIpc) is 2.69. The third kappa shape index (κ3) is 5.58. The van der Waals surface area contributed by atoms with Gasteiger partial charge in [0.25, 0.3) is 0 Å². The Morgan fingerprint density at radius 1 is 1.14 bits per heavy atom. The lowest BCUT2D eigenvalue weighted by atomic mass is 10.2. The lowest BCUT2D eigenvalue weighted by Crippen LogP contribution is -2.29. The molecule has 0 radical (unpaired) electrons. The maximum Gasteiger partial charge on any atom is 0.0591 e. The second-order valence-corrected chi connectivity index (χ2v) is 3.98. The van der Waals surface area contributed by atoms with Crippen molar-refractivity contribution in [3.05, 3.63) is 0 Å².